The van der Waals surface area contributed by atoms with Crippen molar-refractivity contribution in [3.63, 3.8) is 0 Å². The van der Waals surface area contributed by atoms with E-state index in [1.807, 2.05) is 20.8 Å². The molecular formula is C24H48N6O9. The maximum Gasteiger partial charge on any atom is 0.234 e. The first kappa shape index (κ1) is 32.5. The van der Waals surface area contributed by atoms with Crippen molar-refractivity contribution in [3.05, 3.63) is 0 Å². The number of carbonyl (C=O) groups excluding carboxylic acids is 1. The average molecular weight is 565 g/mol. The van der Waals surface area contributed by atoms with Crippen LogP contribution < -0.4 is 33.6 Å². The summed E-state index contributed by atoms with van der Waals surface area (Å²) < 4.78 is 23.5. The molecule has 1 amide bonds. The molecule has 3 rings (SSSR count). The van der Waals surface area contributed by atoms with Crippen LogP contribution in [0.15, 0.2) is 0 Å². The topological polar surface area (TPSA) is 263 Å². The van der Waals surface area contributed by atoms with Gasteiger partial charge in [0.15, 0.2) is 12.6 Å². The smallest absolute Gasteiger partial charge is 0.234 e. The fourth-order valence-electron chi connectivity index (χ4n) is 5.06. The number of amides is 1. The lowest BCUT2D eigenvalue weighted by Gasteiger charge is -2.48. The Morgan fingerprint density at radius 1 is 0.949 bits per heavy atom. The van der Waals surface area contributed by atoms with Crippen LogP contribution in [0.2, 0.25) is 0 Å². The maximum atomic E-state index is 12.8. The molecule has 15 heteroatoms. The molecule has 3 fully saturated rings. The van der Waals surface area contributed by atoms with Gasteiger partial charge in [0.05, 0.1) is 37.4 Å². The Balaban J connectivity index is 1.80. The lowest BCUT2D eigenvalue weighted by Crippen LogP contribution is -2.69. The van der Waals surface area contributed by atoms with Gasteiger partial charge in [-0.1, -0.05) is 0 Å². The zero-order chi connectivity index (χ0) is 29.1. The van der Waals surface area contributed by atoms with Gasteiger partial charge in [0.1, 0.15) is 36.6 Å². The van der Waals surface area contributed by atoms with E-state index < -0.39 is 80.0 Å². The Labute approximate surface area is 228 Å². The number of aliphatic hydroxyl groups excluding tert-OH is 4. The van der Waals surface area contributed by atoms with Gasteiger partial charge in [-0.3, -0.25) is 4.79 Å². The van der Waals surface area contributed by atoms with E-state index >= 15 is 0 Å². The van der Waals surface area contributed by atoms with E-state index in [1.54, 1.807) is 0 Å². The van der Waals surface area contributed by atoms with Crippen LogP contribution >= 0.6 is 0 Å². The van der Waals surface area contributed by atoms with Crippen molar-refractivity contribution in [3.8, 4) is 0 Å². The SMILES string of the molecule is CC(C)(C)NCC(=O)NC1CC(N)C(OC2OC(CN)CCC2N)C(O)C1OC1OC(CO)C(O)C(N)C1O. The molecule has 2 heterocycles. The summed E-state index contributed by atoms with van der Waals surface area (Å²) in [5.41, 5.74) is 24.0. The molecule has 2 saturated heterocycles. The minimum atomic E-state index is -1.50. The Kier molecular flexibility index (Phi) is 11.4. The Morgan fingerprint density at radius 2 is 1.62 bits per heavy atom. The number of aliphatic hydroxyl groups is 4. The summed E-state index contributed by atoms with van der Waals surface area (Å²) in [6.45, 7) is 5.44. The third-order valence-corrected chi connectivity index (χ3v) is 7.42. The fourth-order valence-corrected chi connectivity index (χ4v) is 5.06. The minimum Gasteiger partial charge on any atom is -0.394 e. The standard InChI is InChI=1S/C24H48N6O9/c1-24(2,3)29-8-15(32)30-13-6-12(27)20(38-22-11(26)5-4-10(7-25)36-22)19(35)21(13)39-23-18(34)16(28)17(33)14(9-31)37-23/h10-14,16-23,29,31,33-35H,4-9,25-28H2,1-3H3,(H,30,32). The average Bonchev–Trinajstić information content (AvgIpc) is 2.88. The number of rotatable bonds is 9. The lowest BCUT2D eigenvalue weighted by atomic mass is 9.83. The van der Waals surface area contributed by atoms with Crippen molar-refractivity contribution in [1.29, 1.82) is 0 Å². The quantitative estimate of drug-likeness (QED) is 0.126. The van der Waals surface area contributed by atoms with Crippen LogP contribution in [-0.4, -0.2) is 131 Å². The number of hydrogen-bond donors (Lipinski definition) is 10. The summed E-state index contributed by atoms with van der Waals surface area (Å²) in [5.74, 6) is -0.365. The van der Waals surface area contributed by atoms with Gasteiger partial charge in [-0.25, -0.2) is 0 Å². The van der Waals surface area contributed by atoms with Gasteiger partial charge < -0.3 is 72.9 Å². The molecule has 1 saturated carbocycles. The lowest BCUT2D eigenvalue weighted by molar-refractivity contribution is -0.313. The first-order valence-corrected chi connectivity index (χ1v) is 13.5. The predicted molar refractivity (Wildman–Crippen MR) is 139 cm³/mol. The molecule has 228 valence electrons. The highest BCUT2D eigenvalue weighted by Gasteiger charge is 2.51. The van der Waals surface area contributed by atoms with Crippen LogP contribution in [0.3, 0.4) is 0 Å². The molecule has 15 nitrogen and oxygen atoms in total. The number of carbonyl (C=O) groups is 1. The van der Waals surface area contributed by atoms with Crippen molar-refractivity contribution < 1.29 is 44.2 Å². The van der Waals surface area contributed by atoms with Gasteiger partial charge >= 0.3 is 0 Å². The monoisotopic (exact) mass is 564 g/mol. The van der Waals surface area contributed by atoms with Crippen molar-refractivity contribution in [2.45, 2.75) is 125 Å². The largest absolute Gasteiger partial charge is 0.394 e. The summed E-state index contributed by atoms with van der Waals surface area (Å²) in [6.07, 6.45) is -8.73. The van der Waals surface area contributed by atoms with E-state index in [2.05, 4.69) is 10.6 Å². The fraction of sp³-hybridized carbons (Fsp3) is 0.958. The summed E-state index contributed by atoms with van der Waals surface area (Å²) in [5, 5.41) is 47.8. The molecule has 2 aliphatic heterocycles. The van der Waals surface area contributed by atoms with Gasteiger partial charge in [-0.15, -0.1) is 0 Å². The molecule has 0 aromatic rings. The summed E-state index contributed by atoms with van der Waals surface area (Å²) in [6, 6.07) is -3.22. The van der Waals surface area contributed by atoms with Crippen LogP contribution in [0, 0.1) is 0 Å². The Bertz CT molecular complexity index is 790. The highest BCUT2D eigenvalue weighted by molar-refractivity contribution is 5.78. The Hall–Kier alpha value is -1.05. The molecule has 0 aromatic heterocycles. The van der Waals surface area contributed by atoms with Gasteiger partial charge in [0.2, 0.25) is 5.91 Å². The van der Waals surface area contributed by atoms with Gasteiger partial charge in [-0.2, -0.15) is 0 Å². The van der Waals surface area contributed by atoms with Gasteiger partial charge in [-0.05, 0) is 40.0 Å². The van der Waals surface area contributed by atoms with Crippen molar-refractivity contribution in [2.24, 2.45) is 22.9 Å². The summed E-state index contributed by atoms with van der Waals surface area (Å²) in [4.78, 5) is 12.8. The second-order valence-corrected chi connectivity index (χ2v) is 11.8. The maximum absolute atomic E-state index is 12.8. The van der Waals surface area contributed by atoms with E-state index in [1.165, 1.54) is 0 Å². The summed E-state index contributed by atoms with van der Waals surface area (Å²) in [7, 11) is 0. The van der Waals surface area contributed by atoms with Crippen LogP contribution in [-0.2, 0) is 23.7 Å². The molecule has 0 aromatic carbocycles. The molecule has 3 aliphatic rings. The van der Waals surface area contributed by atoms with Crippen LogP contribution in [0.4, 0.5) is 0 Å². The van der Waals surface area contributed by atoms with E-state index in [0.29, 0.717) is 12.8 Å². The van der Waals surface area contributed by atoms with Gasteiger partial charge in [0.25, 0.3) is 0 Å². The molecule has 39 heavy (non-hydrogen) atoms. The number of ether oxygens (including phenoxy) is 4. The molecule has 0 radical (unpaired) electrons. The van der Waals surface area contributed by atoms with Crippen molar-refractivity contribution >= 4 is 5.91 Å². The third kappa shape index (κ3) is 8.25. The normalized spacial score (nSPS) is 43.7. The molecular weight excluding hydrogens is 516 g/mol. The van der Waals surface area contributed by atoms with E-state index in [4.69, 9.17) is 41.9 Å². The second kappa shape index (κ2) is 13.7. The zero-order valence-electron chi connectivity index (χ0n) is 22.9. The van der Waals surface area contributed by atoms with Crippen LogP contribution in [0.1, 0.15) is 40.0 Å². The van der Waals surface area contributed by atoms with E-state index in [-0.39, 0.29) is 37.1 Å². The molecule has 14 N–H and O–H groups in total. The molecule has 1 aliphatic carbocycles. The molecule has 0 spiro atoms. The number of nitrogens with two attached hydrogens (primary N) is 4. The van der Waals surface area contributed by atoms with Crippen LogP contribution in [0.25, 0.3) is 0 Å². The highest BCUT2D eigenvalue weighted by atomic mass is 16.7. The third-order valence-electron chi connectivity index (χ3n) is 7.42. The number of hydrogen-bond acceptors (Lipinski definition) is 14. The van der Waals surface area contributed by atoms with Crippen molar-refractivity contribution in [2.75, 3.05) is 19.7 Å². The summed E-state index contributed by atoms with van der Waals surface area (Å²) >= 11 is 0. The first-order valence-electron chi connectivity index (χ1n) is 13.5. The van der Waals surface area contributed by atoms with Crippen LogP contribution in [0.5, 0.6) is 0 Å². The highest BCUT2D eigenvalue weighted by Crippen LogP contribution is 2.31. The first-order chi connectivity index (χ1) is 18.2. The molecule has 0 bridgehead atoms. The number of nitrogens with one attached hydrogen (secondary N) is 2. The Morgan fingerprint density at radius 3 is 2.23 bits per heavy atom. The van der Waals surface area contributed by atoms with Crippen molar-refractivity contribution in [1.82, 2.24) is 10.6 Å². The minimum absolute atomic E-state index is 0.00453. The molecule has 13 unspecified atom stereocenters. The van der Waals surface area contributed by atoms with Gasteiger partial charge in [0, 0.05) is 18.1 Å². The predicted octanol–water partition coefficient (Wildman–Crippen LogP) is -4.72. The molecule has 13 atom stereocenters. The van der Waals surface area contributed by atoms with E-state index in [0.717, 1.165) is 0 Å². The zero-order valence-corrected chi connectivity index (χ0v) is 22.9. The van der Waals surface area contributed by atoms with E-state index in [9.17, 15) is 25.2 Å². The second-order valence-electron chi connectivity index (χ2n) is 11.8.